The van der Waals surface area contributed by atoms with E-state index in [9.17, 15) is 4.79 Å². The summed E-state index contributed by atoms with van der Waals surface area (Å²) in [6, 6.07) is 10.5. The first-order valence-electron chi connectivity index (χ1n) is 7.74. The molecule has 0 spiro atoms. The Bertz CT molecular complexity index is 782. The zero-order valence-electron chi connectivity index (χ0n) is 14.3. The summed E-state index contributed by atoms with van der Waals surface area (Å²) >= 11 is 7.96. The van der Waals surface area contributed by atoms with Gasteiger partial charge in [-0.25, -0.2) is 0 Å². The molecule has 1 amide bonds. The summed E-state index contributed by atoms with van der Waals surface area (Å²) < 4.78 is 11.8. The van der Waals surface area contributed by atoms with Crippen LogP contribution in [-0.2, 0) is 9.63 Å². The second-order valence-corrected chi connectivity index (χ2v) is 6.63. The van der Waals surface area contributed by atoms with Gasteiger partial charge in [0.1, 0.15) is 0 Å². The quantitative estimate of drug-likeness (QED) is 0.341. The van der Waals surface area contributed by atoms with E-state index in [0.29, 0.717) is 28.8 Å². The van der Waals surface area contributed by atoms with E-state index in [1.807, 2.05) is 13.0 Å². The van der Waals surface area contributed by atoms with Crippen molar-refractivity contribution in [3.8, 4) is 11.5 Å². The highest BCUT2D eigenvalue weighted by molar-refractivity contribution is 14.1. The third kappa shape index (κ3) is 6.06. The van der Waals surface area contributed by atoms with Crippen molar-refractivity contribution < 1.29 is 19.1 Å². The van der Waals surface area contributed by atoms with Crippen LogP contribution < -0.4 is 14.8 Å². The summed E-state index contributed by atoms with van der Waals surface area (Å²) in [5.74, 6) is 0.986. The number of nitrogens with zero attached hydrogens (tertiary/aromatic N) is 1. The van der Waals surface area contributed by atoms with Crippen molar-refractivity contribution in [3.63, 3.8) is 0 Å². The maximum absolute atomic E-state index is 11.8. The van der Waals surface area contributed by atoms with Gasteiger partial charge in [0.2, 0.25) is 0 Å². The lowest BCUT2D eigenvalue weighted by molar-refractivity contribution is -0.120. The van der Waals surface area contributed by atoms with Gasteiger partial charge in [0, 0.05) is 16.3 Å². The van der Waals surface area contributed by atoms with Crippen LogP contribution in [0.15, 0.2) is 41.6 Å². The first-order chi connectivity index (χ1) is 12.5. The predicted molar refractivity (Wildman–Crippen MR) is 111 cm³/mol. The molecule has 6 nitrogen and oxygen atoms in total. The van der Waals surface area contributed by atoms with Crippen molar-refractivity contribution in [2.24, 2.45) is 5.16 Å². The van der Waals surface area contributed by atoms with Crippen molar-refractivity contribution in [2.45, 2.75) is 6.92 Å². The Morgan fingerprint density at radius 3 is 2.69 bits per heavy atom. The molecule has 8 heteroatoms. The molecular formula is C18H18ClIN2O4. The van der Waals surface area contributed by atoms with Crippen molar-refractivity contribution in [1.82, 2.24) is 0 Å². The molecule has 2 aromatic carbocycles. The second-order valence-electron chi connectivity index (χ2n) is 5.03. The molecule has 0 aliphatic heterocycles. The minimum absolute atomic E-state index is 0.204. The lowest BCUT2D eigenvalue weighted by Gasteiger charge is -2.11. The highest BCUT2D eigenvalue weighted by Gasteiger charge is 2.10. The van der Waals surface area contributed by atoms with Crippen LogP contribution in [0.4, 0.5) is 5.69 Å². The maximum Gasteiger partial charge on any atom is 0.265 e. The third-order valence-electron chi connectivity index (χ3n) is 3.14. The normalized spacial score (nSPS) is 10.6. The van der Waals surface area contributed by atoms with Gasteiger partial charge in [0.15, 0.2) is 18.1 Å². The number of hydrogen-bond donors (Lipinski definition) is 1. The number of ether oxygens (including phenoxy) is 2. The van der Waals surface area contributed by atoms with Crippen molar-refractivity contribution >= 4 is 52.0 Å². The number of benzene rings is 2. The molecule has 0 bridgehead atoms. The Balaban J connectivity index is 1.90. The number of anilines is 1. The Morgan fingerprint density at radius 2 is 2.04 bits per heavy atom. The Kier molecular flexibility index (Phi) is 7.99. The second kappa shape index (κ2) is 10.2. The van der Waals surface area contributed by atoms with Gasteiger partial charge in [-0.2, -0.15) is 0 Å². The van der Waals surface area contributed by atoms with E-state index in [4.69, 9.17) is 25.9 Å². The standard InChI is InChI=1S/C18H18ClIN2O4/c1-3-25-18-15(20)8-12(9-16(18)24-2)10-21-26-11-17(23)22-14-6-4-13(19)5-7-14/h4-10H,3,11H2,1-2H3,(H,22,23)/b21-10+. The van der Waals surface area contributed by atoms with Crippen molar-refractivity contribution in [3.05, 3.63) is 50.6 Å². The van der Waals surface area contributed by atoms with E-state index in [1.165, 1.54) is 6.21 Å². The fraction of sp³-hybridized carbons (Fsp3) is 0.222. The van der Waals surface area contributed by atoms with E-state index in [-0.39, 0.29) is 12.5 Å². The van der Waals surface area contributed by atoms with E-state index in [0.717, 1.165) is 9.13 Å². The van der Waals surface area contributed by atoms with Crippen LogP contribution in [0, 0.1) is 3.57 Å². The third-order valence-corrected chi connectivity index (χ3v) is 4.19. The SMILES string of the molecule is CCOc1c(I)cc(/C=N/OCC(=O)Nc2ccc(Cl)cc2)cc1OC. The van der Waals surface area contributed by atoms with E-state index < -0.39 is 0 Å². The van der Waals surface area contributed by atoms with Crippen LogP contribution in [0.3, 0.4) is 0 Å². The molecule has 0 fully saturated rings. The van der Waals surface area contributed by atoms with Crippen LogP contribution in [0.5, 0.6) is 11.5 Å². The zero-order valence-corrected chi connectivity index (χ0v) is 17.2. The number of amides is 1. The van der Waals surface area contributed by atoms with E-state index in [1.54, 1.807) is 37.4 Å². The Hall–Kier alpha value is -2.00. The van der Waals surface area contributed by atoms with Gasteiger partial charge >= 0.3 is 0 Å². The fourth-order valence-corrected chi connectivity index (χ4v) is 2.93. The number of methoxy groups -OCH3 is 1. The van der Waals surface area contributed by atoms with Crippen LogP contribution in [0.2, 0.25) is 5.02 Å². The predicted octanol–water partition coefficient (Wildman–Crippen LogP) is 4.34. The van der Waals surface area contributed by atoms with Gasteiger partial charge in [-0.3, -0.25) is 4.79 Å². The Morgan fingerprint density at radius 1 is 1.31 bits per heavy atom. The largest absolute Gasteiger partial charge is 0.493 e. The maximum atomic E-state index is 11.8. The topological polar surface area (TPSA) is 69.2 Å². The van der Waals surface area contributed by atoms with Gasteiger partial charge in [-0.15, -0.1) is 0 Å². The highest BCUT2D eigenvalue weighted by Crippen LogP contribution is 2.33. The van der Waals surface area contributed by atoms with Crippen LogP contribution in [0.1, 0.15) is 12.5 Å². The van der Waals surface area contributed by atoms with Gasteiger partial charge in [-0.05, 0) is 65.9 Å². The number of carbonyl (C=O) groups is 1. The molecule has 0 radical (unpaired) electrons. The summed E-state index contributed by atoms with van der Waals surface area (Å²) in [6.45, 7) is 2.25. The van der Waals surface area contributed by atoms with E-state index in [2.05, 4.69) is 33.1 Å². The lowest BCUT2D eigenvalue weighted by atomic mass is 10.2. The molecule has 2 rings (SSSR count). The Labute approximate surface area is 170 Å². The molecule has 0 unspecified atom stereocenters. The van der Waals surface area contributed by atoms with Crippen molar-refractivity contribution in [2.75, 3.05) is 25.6 Å². The monoisotopic (exact) mass is 488 g/mol. The number of oxime groups is 1. The summed E-state index contributed by atoms with van der Waals surface area (Å²) in [6.07, 6.45) is 1.51. The molecule has 2 aromatic rings. The molecule has 0 heterocycles. The summed E-state index contributed by atoms with van der Waals surface area (Å²) in [7, 11) is 1.58. The molecule has 0 atom stereocenters. The highest BCUT2D eigenvalue weighted by atomic mass is 127. The van der Waals surface area contributed by atoms with Gasteiger partial charge in [0.25, 0.3) is 5.91 Å². The minimum Gasteiger partial charge on any atom is -0.493 e. The summed E-state index contributed by atoms with van der Waals surface area (Å²) in [5, 5.41) is 7.11. The molecule has 0 aliphatic carbocycles. The molecule has 0 saturated carbocycles. The molecule has 1 N–H and O–H groups in total. The van der Waals surface area contributed by atoms with Gasteiger partial charge in [-0.1, -0.05) is 16.8 Å². The molecular weight excluding hydrogens is 471 g/mol. The minimum atomic E-state index is -0.316. The fourth-order valence-electron chi connectivity index (χ4n) is 2.02. The van der Waals surface area contributed by atoms with Crippen LogP contribution in [-0.4, -0.2) is 32.4 Å². The summed E-state index contributed by atoms with van der Waals surface area (Å²) in [4.78, 5) is 16.8. The molecule has 138 valence electrons. The van der Waals surface area contributed by atoms with Gasteiger partial charge in [0.05, 0.1) is 23.5 Å². The first-order valence-corrected chi connectivity index (χ1v) is 9.20. The average Bonchev–Trinajstić information content (AvgIpc) is 2.62. The first kappa shape index (κ1) is 20.3. The molecule has 0 aliphatic rings. The van der Waals surface area contributed by atoms with Crippen molar-refractivity contribution in [1.29, 1.82) is 0 Å². The van der Waals surface area contributed by atoms with Crippen LogP contribution in [0.25, 0.3) is 0 Å². The number of carbonyl (C=O) groups excluding carboxylic acids is 1. The average molecular weight is 489 g/mol. The number of nitrogens with one attached hydrogen (secondary N) is 1. The lowest BCUT2D eigenvalue weighted by Crippen LogP contribution is -2.16. The molecule has 26 heavy (non-hydrogen) atoms. The van der Waals surface area contributed by atoms with Crippen LogP contribution >= 0.6 is 34.2 Å². The van der Waals surface area contributed by atoms with E-state index >= 15 is 0 Å². The molecule has 0 saturated heterocycles. The zero-order chi connectivity index (χ0) is 18.9. The summed E-state index contributed by atoms with van der Waals surface area (Å²) in [5.41, 5.74) is 1.41. The number of hydrogen-bond acceptors (Lipinski definition) is 5. The number of halogens is 2. The van der Waals surface area contributed by atoms with Gasteiger partial charge < -0.3 is 19.6 Å². The molecule has 0 aromatic heterocycles. The number of rotatable bonds is 8. The smallest absolute Gasteiger partial charge is 0.265 e.